The van der Waals surface area contributed by atoms with Gasteiger partial charge in [-0.3, -0.25) is 24.1 Å². The van der Waals surface area contributed by atoms with Gasteiger partial charge in [-0.1, -0.05) is 6.92 Å². The summed E-state index contributed by atoms with van der Waals surface area (Å²) in [4.78, 5) is 54.0. The monoisotopic (exact) mass is 490 g/mol. The first-order chi connectivity index (χ1) is 17.4. The predicted molar refractivity (Wildman–Crippen MR) is 133 cm³/mol. The average molecular weight is 491 g/mol. The fraction of sp³-hybridized carbons (Fsp3) is 0.429. The number of carbonyl (C=O) groups is 4. The Kier molecular flexibility index (Phi) is 6.51. The van der Waals surface area contributed by atoms with Crippen molar-refractivity contribution < 1.29 is 28.7 Å². The third kappa shape index (κ3) is 4.47. The molecule has 0 bridgehead atoms. The molecule has 2 saturated heterocycles. The van der Waals surface area contributed by atoms with Gasteiger partial charge in [0, 0.05) is 18.7 Å². The number of ether oxygens (including phenoxy) is 2. The summed E-state index contributed by atoms with van der Waals surface area (Å²) in [5.74, 6) is -0.495. The lowest BCUT2D eigenvalue weighted by molar-refractivity contribution is -0.139. The topological polar surface area (TPSA) is 93.2 Å². The molecule has 3 aliphatic rings. The van der Waals surface area contributed by atoms with Crippen LogP contribution in [-0.2, 0) is 19.2 Å². The summed E-state index contributed by atoms with van der Waals surface area (Å²) in [6.07, 6.45) is 2.52. The minimum absolute atomic E-state index is 0.0715. The number of nitrogens with zero attached hydrogens (tertiary/aromatic N) is 2. The maximum atomic E-state index is 12.9. The molecule has 5 rings (SSSR count). The lowest BCUT2D eigenvalue weighted by atomic mass is 9.76. The summed E-state index contributed by atoms with van der Waals surface area (Å²) in [5, 5.41) is 0. The van der Waals surface area contributed by atoms with Gasteiger partial charge < -0.3 is 14.4 Å². The first kappa shape index (κ1) is 24.0. The zero-order chi connectivity index (χ0) is 25.4. The lowest BCUT2D eigenvalue weighted by Crippen LogP contribution is -2.30. The van der Waals surface area contributed by atoms with Crippen molar-refractivity contribution in [1.82, 2.24) is 0 Å². The number of hydrogen-bond donors (Lipinski definition) is 0. The number of esters is 1. The molecule has 0 spiro atoms. The predicted octanol–water partition coefficient (Wildman–Crippen LogP) is 3.97. The van der Waals surface area contributed by atoms with E-state index in [4.69, 9.17) is 9.47 Å². The number of amides is 3. The fourth-order valence-electron chi connectivity index (χ4n) is 5.51. The maximum absolute atomic E-state index is 12.9. The highest BCUT2D eigenvalue weighted by Crippen LogP contribution is 2.42. The Labute approximate surface area is 210 Å². The molecular formula is C28H30N2O6. The number of fused-ring (bicyclic) bond motifs is 1. The van der Waals surface area contributed by atoms with Crippen molar-refractivity contribution in [3.63, 3.8) is 0 Å². The molecular weight excluding hydrogens is 460 g/mol. The van der Waals surface area contributed by atoms with Gasteiger partial charge >= 0.3 is 5.97 Å². The third-order valence-electron chi connectivity index (χ3n) is 7.42. The summed E-state index contributed by atoms with van der Waals surface area (Å²) in [5.41, 5.74) is 1.20. The van der Waals surface area contributed by atoms with Crippen molar-refractivity contribution in [2.24, 2.45) is 23.7 Å². The molecule has 4 atom stereocenters. The first-order valence-corrected chi connectivity index (χ1v) is 12.6. The van der Waals surface area contributed by atoms with Crippen LogP contribution >= 0.6 is 0 Å². The highest BCUT2D eigenvalue weighted by atomic mass is 16.5. The van der Waals surface area contributed by atoms with Gasteiger partial charge in [0.05, 0.1) is 30.0 Å². The van der Waals surface area contributed by atoms with Crippen LogP contribution in [0.1, 0.15) is 39.5 Å². The number of imide groups is 1. The van der Waals surface area contributed by atoms with Gasteiger partial charge in [-0.25, -0.2) is 0 Å². The number of hydrogen-bond acceptors (Lipinski definition) is 6. The highest BCUT2D eigenvalue weighted by Gasteiger charge is 2.50. The van der Waals surface area contributed by atoms with Gasteiger partial charge in [0.1, 0.15) is 11.5 Å². The van der Waals surface area contributed by atoms with Crippen LogP contribution in [0.25, 0.3) is 0 Å². The molecule has 0 N–H and O–H groups in total. The van der Waals surface area contributed by atoms with E-state index in [9.17, 15) is 19.2 Å². The van der Waals surface area contributed by atoms with Crippen molar-refractivity contribution in [3.05, 3.63) is 48.5 Å². The molecule has 0 radical (unpaired) electrons. The zero-order valence-corrected chi connectivity index (χ0v) is 20.5. The maximum Gasteiger partial charge on any atom is 0.316 e. The first-order valence-electron chi connectivity index (χ1n) is 12.6. The largest absolute Gasteiger partial charge is 0.494 e. The van der Waals surface area contributed by atoms with E-state index in [1.807, 2.05) is 6.92 Å². The molecule has 1 aliphatic carbocycles. The molecule has 3 fully saturated rings. The fourth-order valence-corrected chi connectivity index (χ4v) is 5.51. The second-order valence-corrected chi connectivity index (χ2v) is 9.89. The molecule has 1 saturated carbocycles. The number of anilines is 2. The minimum Gasteiger partial charge on any atom is -0.494 e. The normalized spacial score (nSPS) is 25.8. The second kappa shape index (κ2) is 9.76. The lowest BCUT2D eigenvalue weighted by Gasteiger charge is -2.25. The van der Waals surface area contributed by atoms with E-state index in [1.54, 1.807) is 53.4 Å². The van der Waals surface area contributed by atoms with Gasteiger partial charge in [0.15, 0.2) is 0 Å². The van der Waals surface area contributed by atoms with Crippen LogP contribution in [0.2, 0.25) is 0 Å². The quantitative estimate of drug-likeness (QED) is 0.346. The molecule has 2 aromatic carbocycles. The summed E-state index contributed by atoms with van der Waals surface area (Å²) in [6, 6.07) is 13.6. The molecule has 36 heavy (non-hydrogen) atoms. The van der Waals surface area contributed by atoms with Crippen LogP contribution in [0.3, 0.4) is 0 Å². The molecule has 0 aromatic heterocycles. The average Bonchev–Trinajstić information content (AvgIpc) is 3.37. The van der Waals surface area contributed by atoms with Gasteiger partial charge in [0.2, 0.25) is 17.7 Å². The highest BCUT2D eigenvalue weighted by molar-refractivity contribution is 6.22. The van der Waals surface area contributed by atoms with E-state index in [0.717, 1.165) is 25.0 Å². The second-order valence-electron chi connectivity index (χ2n) is 9.89. The molecule has 2 aromatic rings. The van der Waals surface area contributed by atoms with Gasteiger partial charge in [0.25, 0.3) is 0 Å². The Morgan fingerprint density at radius 3 is 2.22 bits per heavy atom. The molecule has 2 heterocycles. The van der Waals surface area contributed by atoms with Crippen molar-refractivity contribution in [1.29, 1.82) is 0 Å². The van der Waals surface area contributed by atoms with Crippen molar-refractivity contribution >= 4 is 35.1 Å². The Balaban J connectivity index is 1.21. The smallest absolute Gasteiger partial charge is 0.316 e. The summed E-state index contributed by atoms with van der Waals surface area (Å²) in [7, 11) is 0. The number of carbonyl (C=O) groups excluding carboxylic acids is 4. The van der Waals surface area contributed by atoms with Crippen LogP contribution < -0.4 is 19.3 Å². The summed E-state index contributed by atoms with van der Waals surface area (Å²) < 4.78 is 11.0. The van der Waals surface area contributed by atoms with Crippen LogP contribution in [0.15, 0.2) is 48.5 Å². The Hall–Kier alpha value is -3.68. The molecule has 188 valence electrons. The Morgan fingerprint density at radius 2 is 1.53 bits per heavy atom. The van der Waals surface area contributed by atoms with E-state index < -0.39 is 11.9 Å². The zero-order valence-electron chi connectivity index (χ0n) is 20.5. The van der Waals surface area contributed by atoms with Crippen molar-refractivity contribution in [3.8, 4) is 11.5 Å². The molecule has 2 aliphatic heterocycles. The number of rotatable bonds is 6. The van der Waals surface area contributed by atoms with E-state index in [1.165, 1.54) is 4.90 Å². The van der Waals surface area contributed by atoms with Gasteiger partial charge in [-0.05, 0) is 80.6 Å². The Bertz CT molecular complexity index is 1180. The number of benzene rings is 2. The van der Waals surface area contributed by atoms with Crippen molar-refractivity contribution in [2.45, 2.75) is 39.5 Å². The van der Waals surface area contributed by atoms with E-state index in [0.29, 0.717) is 29.6 Å². The van der Waals surface area contributed by atoms with Crippen LogP contribution in [0.5, 0.6) is 11.5 Å². The standard InChI is InChI=1S/C28H30N2O6/c1-3-35-21-9-5-19(6-10-21)29-16-18(15-25(29)31)28(34)36-22-11-7-20(8-12-22)30-26(32)23-13-4-17(2)14-24(23)27(30)33/h5-12,17-18,23-24H,3-4,13-16H2,1-2H3/t17-,18-,23+,24-/m0/s1. The van der Waals surface area contributed by atoms with Crippen LogP contribution in [0, 0.1) is 23.7 Å². The summed E-state index contributed by atoms with van der Waals surface area (Å²) >= 11 is 0. The summed E-state index contributed by atoms with van der Waals surface area (Å²) in [6.45, 7) is 4.82. The van der Waals surface area contributed by atoms with E-state index >= 15 is 0 Å². The van der Waals surface area contributed by atoms with Gasteiger partial charge in [-0.15, -0.1) is 0 Å². The van der Waals surface area contributed by atoms with Crippen LogP contribution in [0.4, 0.5) is 11.4 Å². The SMILES string of the molecule is CCOc1ccc(N2C[C@@H](C(=O)Oc3ccc(N4C(=O)[C@H]5C[C@@H](C)CC[C@H]5C4=O)cc3)CC2=O)cc1. The van der Waals surface area contributed by atoms with Crippen molar-refractivity contribution in [2.75, 3.05) is 23.0 Å². The minimum atomic E-state index is -0.587. The van der Waals surface area contributed by atoms with Gasteiger partial charge in [-0.2, -0.15) is 0 Å². The molecule has 8 nitrogen and oxygen atoms in total. The van der Waals surface area contributed by atoms with Crippen LogP contribution in [-0.4, -0.2) is 36.8 Å². The molecule has 3 amide bonds. The molecule has 0 unspecified atom stereocenters. The van der Waals surface area contributed by atoms with E-state index in [-0.39, 0.29) is 42.5 Å². The Morgan fingerprint density at radius 1 is 0.889 bits per heavy atom. The van der Waals surface area contributed by atoms with E-state index in [2.05, 4.69) is 6.92 Å². The molecule has 8 heteroatoms. The third-order valence-corrected chi connectivity index (χ3v) is 7.42.